The molecule has 0 aliphatic carbocycles. The molecule has 2 rings (SSSR count). The quantitative estimate of drug-likeness (QED) is 0.737. The number of hydrogen-bond acceptors (Lipinski definition) is 5. The van der Waals surface area contributed by atoms with Gasteiger partial charge >= 0.3 is 0 Å². The molecule has 0 amide bonds. The maximum absolute atomic E-state index is 12.0. The summed E-state index contributed by atoms with van der Waals surface area (Å²) >= 11 is 1.45. The summed E-state index contributed by atoms with van der Waals surface area (Å²) in [5, 5.41) is 6.05. The van der Waals surface area contributed by atoms with Crippen molar-refractivity contribution in [3.63, 3.8) is 0 Å². The maximum Gasteiger partial charge on any atom is 0.268 e. The maximum atomic E-state index is 12.0. The lowest BCUT2D eigenvalue weighted by molar-refractivity contribution is 0.0982. The predicted octanol–water partition coefficient (Wildman–Crippen LogP) is 2.42. The van der Waals surface area contributed by atoms with Crippen LogP contribution >= 0.6 is 11.3 Å². The molecule has 5 nitrogen and oxygen atoms in total. The molecule has 2 aromatic rings. The van der Waals surface area contributed by atoms with Crippen molar-refractivity contribution in [2.75, 3.05) is 18.5 Å². The molecule has 0 saturated heterocycles. The van der Waals surface area contributed by atoms with Crippen LogP contribution in [0.25, 0.3) is 0 Å². The third kappa shape index (κ3) is 4.01. The molecule has 2 heterocycles. The second kappa shape index (κ2) is 7.17. The Morgan fingerprint density at radius 3 is 2.90 bits per heavy atom. The first kappa shape index (κ1) is 15.4. The molecule has 0 saturated carbocycles. The van der Waals surface area contributed by atoms with E-state index < -0.39 is 0 Å². The smallest absolute Gasteiger partial charge is 0.268 e. The van der Waals surface area contributed by atoms with Gasteiger partial charge in [0, 0.05) is 32.6 Å². The van der Waals surface area contributed by atoms with Crippen molar-refractivity contribution in [2.45, 2.75) is 26.3 Å². The lowest BCUT2D eigenvalue weighted by atomic mass is 10.2. The van der Waals surface area contributed by atoms with E-state index in [2.05, 4.69) is 5.10 Å². The molecular weight excluding hydrogens is 286 g/mol. The number of carbonyl (C=O) groups excluding carboxylic acids is 1. The number of aryl methyl sites for hydroxylation is 1. The SMILES string of the molecule is CCN(C)c1cnn(CCCC(=O)c2cccs2)c(=O)c1. The van der Waals surface area contributed by atoms with Crippen LogP contribution in [0.15, 0.2) is 34.6 Å². The highest BCUT2D eigenvalue weighted by Gasteiger charge is 2.08. The van der Waals surface area contributed by atoms with E-state index in [1.54, 1.807) is 12.3 Å². The lowest BCUT2D eigenvalue weighted by Crippen LogP contribution is -2.25. The van der Waals surface area contributed by atoms with Gasteiger partial charge in [0.1, 0.15) is 0 Å². The first-order valence-electron chi connectivity index (χ1n) is 6.97. The summed E-state index contributed by atoms with van der Waals surface area (Å²) in [6, 6.07) is 5.28. The van der Waals surface area contributed by atoms with Crippen LogP contribution in [0.5, 0.6) is 0 Å². The van der Waals surface area contributed by atoms with Gasteiger partial charge in [0.15, 0.2) is 5.78 Å². The number of nitrogens with zero attached hydrogens (tertiary/aromatic N) is 3. The zero-order chi connectivity index (χ0) is 15.2. The number of ketones is 1. The molecule has 2 aromatic heterocycles. The summed E-state index contributed by atoms with van der Waals surface area (Å²) < 4.78 is 1.41. The number of carbonyl (C=O) groups is 1. The van der Waals surface area contributed by atoms with Gasteiger partial charge < -0.3 is 4.90 Å². The molecule has 0 fully saturated rings. The van der Waals surface area contributed by atoms with Crippen molar-refractivity contribution in [1.29, 1.82) is 0 Å². The van der Waals surface area contributed by atoms with Crippen molar-refractivity contribution in [1.82, 2.24) is 9.78 Å². The van der Waals surface area contributed by atoms with Crippen molar-refractivity contribution in [2.24, 2.45) is 0 Å². The highest BCUT2D eigenvalue weighted by Crippen LogP contribution is 2.12. The number of rotatable bonds is 7. The number of anilines is 1. The molecule has 6 heteroatoms. The first-order valence-corrected chi connectivity index (χ1v) is 7.84. The largest absolute Gasteiger partial charge is 0.373 e. The number of hydrogen-bond donors (Lipinski definition) is 0. The molecule has 0 bridgehead atoms. The molecule has 0 atom stereocenters. The molecule has 112 valence electrons. The van der Waals surface area contributed by atoms with Gasteiger partial charge in [-0.1, -0.05) is 6.07 Å². The van der Waals surface area contributed by atoms with Gasteiger partial charge in [0.25, 0.3) is 5.56 Å². The zero-order valence-corrected chi connectivity index (χ0v) is 13.1. The minimum absolute atomic E-state index is 0.125. The summed E-state index contributed by atoms with van der Waals surface area (Å²) in [6.45, 7) is 3.30. The summed E-state index contributed by atoms with van der Waals surface area (Å²) in [7, 11) is 1.92. The first-order chi connectivity index (χ1) is 10.1. The number of thiophene rings is 1. The van der Waals surface area contributed by atoms with Crippen molar-refractivity contribution in [3.8, 4) is 0 Å². The normalized spacial score (nSPS) is 10.6. The Kier molecular flexibility index (Phi) is 5.27. The van der Waals surface area contributed by atoms with Gasteiger partial charge in [-0.15, -0.1) is 11.3 Å². The fourth-order valence-electron chi connectivity index (χ4n) is 1.93. The fourth-order valence-corrected chi connectivity index (χ4v) is 2.63. The summed E-state index contributed by atoms with van der Waals surface area (Å²) in [4.78, 5) is 26.5. The van der Waals surface area contributed by atoms with E-state index in [0.717, 1.165) is 17.1 Å². The Hall–Kier alpha value is -1.95. The average Bonchev–Trinajstić information content (AvgIpc) is 3.02. The van der Waals surface area contributed by atoms with Crippen LogP contribution in [0.2, 0.25) is 0 Å². The Morgan fingerprint density at radius 1 is 1.48 bits per heavy atom. The van der Waals surface area contributed by atoms with Gasteiger partial charge in [-0.25, -0.2) is 4.68 Å². The Morgan fingerprint density at radius 2 is 2.29 bits per heavy atom. The fraction of sp³-hybridized carbons (Fsp3) is 0.400. The van der Waals surface area contributed by atoms with Gasteiger partial charge in [-0.2, -0.15) is 5.10 Å². The van der Waals surface area contributed by atoms with E-state index in [4.69, 9.17) is 0 Å². The molecule has 0 aromatic carbocycles. The Labute approximate surface area is 127 Å². The third-order valence-corrected chi connectivity index (χ3v) is 4.25. The van der Waals surface area contributed by atoms with Crippen molar-refractivity contribution < 1.29 is 4.79 Å². The van der Waals surface area contributed by atoms with Gasteiger partial charge in [0.05, 0.1) is 16.8 Å². The third-order valence-electron chi connectivity index (χ3n) is 3.34. The average molecular weight is 305 g/mol. The van der Waals surface area contributed by atoms with Crippen LogP contribution in [-0.4, -0.2) is 29.2 Å². The second-order valence-electron chi connectivity index (χ2n) is 4.79. The molecule has 21 heavy (non-hydrogen) atoms. The summed E-state index contributed by atoms with van der Waals surface area (Å²) in [5.74, 6) is 0.125. The molecule has 0 aliphatic rings. The minimum atomic E-state index is -0.128. The van der Waals surface area contributed by atoms with Crippen molar-refractivity contribution in [3.05, 3.63) is 45.0 Å². The van der Waals surface area contributed by atoms with Crippen LogP contribution in [0.4, 0.5) is 5.69 Å². The van der Waals surface area contributed by atoms with E-state index in [-0.39, 0.29) is 11.3 Å². The van der Waals surface area contributed by atoms with E-state index in [1.165, 1.54) is 16.0 Å². The highest BCUT2D eigenvalue weighted by molar-refractivity contribution is 7.12. The minimum Gasteiger partial charge on any atom is -0.373 e. The molecule has 0 spiro atoms. The predicted molar refractivity (Wildman–Crippen MR) is 85.3 cm³/mol. The molecule has 0 N–H and O–H groups in total. The summed E-state index contributed by atoms with van der Waals surface area (Å²) in [5.41, 5.74) is 0.685. The van der Waals surface area contributed by atoms with Gasteiger partial charge in [-0.05, 0) is 24.8 Å². The van der Waals surface area contributed by atoms with Crippen molar-refractivity contribution >= 4 is 22.8 Å². The standard InChI is InChI=1S/C15H19N3O2S/c1-3-17(2)12-10-15(20)18(16-11-12)8-4-6-13(19)14-7-5-9-21-14/h5,7,9-11H,3-4,6,8H2,1-2H3. The number of Topliss-reactive ketones (excluding diaryl/α,β-unsaturated/α-hetero) is 1. The molecule has 0 aliphatic heterocycles. The van der Waals surface area contributed by atoms with E-state index in [1.807, 2.05) is 36.4 Å². The van der Waals surface area contributed by atoms with E-state index >= 15 is 0 Å². The Balaban J connectivity index is 1.92. The van der Waals surface area contributed by atoms with Crippen LogP contribution in [-0.2, 0) is 6.54 Å². The zero-order valence-electron chi connectivity index (χ0n) is 12.3. The highest BCUT2D eigenvalue weighted by atomic mass is 32.1. The number of aromatic nitrogens is 2. The second-order valence-corrected chi connectivity index (χ2v) is 5.74. The lowest BCUT2D eigenvalue weighted by Gasteiger charge is -2.16. The topological polar surface area (TPSA) is 55.2 Å². The monoisotopic (exact) mass is 305 g/mol. The van der Waals surface area contributed by atoms with E-state index in [0.29, 0.717) is 19.4 Å². The van der Waals surface area contributed by atoms with Gasteiger partial charge in [0.2, 0.25) is 0 Å². The molecule has 0 unspecified atom stereocenters. The Bertz CT molecular complexity index is 649. The van der Waals surface area contributed by atoms with Crippen LogP contribution in [0, 0.1) is 0 Å². The van der Waals surface area contributed by atoms with E-state index in [9.17, 15) is 9.59 Å². The molecule has 0 radical (unpaired) electrons. The van der Waals surface area contributed by atoms with Crippen LogP contribution in [0.3, 0.4) is 0 Å². The molecular formula is C15H19N3O2S. The van der Waals surface area contributed by atoms with Crippen LogP contribution < -0.4 is 10.5 Å². The summed E-state index contributed by atoms with van der Waals surface area (Å²) in [6.07, 6.45) is 2.74. The van der Waals surface area contributed by atoms with Crippen LogP contribution in [0.1, 0.15) is 29.4 Å². The van der Waals surface area contributed by atoms with Gasteiger partial charge in [-0.3, -0.25) is 9.59 Å².